The third kappa shape index (κ3) is 8.61. The molecule has 43 heavy (non-hydrogen) atoms. The maximum Gasteiger partial charge on any atom is 0.258 e. The normalized spacial score (nSPS) is 18.7. The summed E-state index contributed by atoms with van der Waals surface area (Å²) < 4.78 is 0.918. The highest BCUT2D eigenvalue weighted by Crippen LogP contribution is 2.24. The SMILES string of the molecule is C=CC(C)(CCO)C(=O)NC(C(=O)NC(C)C(=O)N1CCC[C@@H](C(=O)N[C@H](C)c2ccc3ccc(Br)cc3n2)N1)C(C)C. The Morgan fingerprint density at radius 2 is 1.86 bits per heavy atom. The van der Waals surface area contributed by atoms with Crippen molar-refractivity contribution in [2.24, 2.45) is 11.3 Å². The second-order valence-electron chi connectivity index (χ2n) is 11.6. The van der Waals surface area contributed by atoms with Crippen molar-refractivity contribution >= 4 is 50.5 Å². The number of aliphatic hydroxyl groups is 1. The number of hydrogen-bond acceptors (Lipinski definition) is 7. The lowest BCUT2D eigenvalue weighted by Crippen LogP contribution is -2.62. The molecule has 5 N–H and O–H groups in total. The Morgan fingerprint density at radius 1 is 1.16 bits per heavy atom. The number of carbonyl (C=O) groups excluding carboxylic acids is 4. The first-order valence-electron chi connectivity index (χ1n) is 14.6. The maximum atomic E-state index is 13.3. The van der Waals surface area contributed by atoms with Gasteiger partial charge in [-0.25, -0.2) is 5.43 Å². The molecule has 0 aliphatic carbocycles. The fourth-order valence-electron chi connectivity index (χ4n) is 4.85. The van der Waals surface area contributed by atoms with Crippen molar-refractivity contribution in [3.05, 3.63) is 53.2 Å². The van der Waals surface area contributed by atoms with Crippen LogP contribution in [0.1, 0.15) is 65.6 Å². The Labute approximate surface area is 261 Å². The van der Waals surface area contributed by atoms with Gasteiger partial charge in [0.2, 0.25) is 17.7 Å². The minimum atomic E-state index is -1.05. The van der Waals surface area contributed by atoms with Gasteiger partial charge in [0, 0.05) is 23.0 Å². The molecule has 1 aromatic carbocycles. The molecule has 1 saturated heterocycles. The van der Waals surface area contributed by atoms with Gasteiger partial charge in [-0.3, -0.25) is 29.2 Å². The number of rotatable bonds is 12. The smallest absolute Gasteiger partial charge is 0.258 e. The number of fused-ring (bicyclic) bond motifs is 1. The lowest BCUT2D eigenvalue weighted by atomic mass is 9.85. The summed E-state index contributed by atoms with van der Waals surface area (Å²) in [5, 5.41) is 20.2. The molecule has 1 aromatic heterocycles. The van der Waals surface area contributed by atoms with Crippen molar-refractivity contribution in [3.63, 3.8) is 0 Å². The van der Waals surface area contributed by atoms with E-state index in [1.165, 1.54) is 11.1 Å². The van der Waals surface area contributed by atoms with Crippen LogP contribution in [0.15, 0.2) is 47.5 Å². The van der Waals surface area contributed by atoms with Gasteiger partial charge in [-0.2, -0.15) is 0 Å². The molecule has 0 spiro atoms. The Kier molecular flexibility index (Phi) is 11.8. The minimum absolute atomic E-state index is 0.161. The molecule has 234 valence electrons. The number of pyridine rings is 1. The number of halogens is 1. The molecule has 11 nitrogen and oxygen atoms in total. The topological polar surface area (TPSA) is 153 Å². The predicted molar refractivity (Wildman–Crippen MR) is 168 cm³/mol. The highest BCUT2D eigenvalue weighted by atomic mass is 79.9. The number of carbonyl (C=O) groups is 4. The van der Waals surface area contributed by atoms with E-state index in [0.29, 0.717) is 19.4 Å². The van der Waals surface area contributed by atoms with E-state index in [-0.39, 0.29) is 30.9 Å². The zero-order valence-corrected chi connectivity index (χ0v) is 27.0. The van der Waals surface area contributed by atoms with Crippen molar-refractivity contribution < 1.29 is 24.3 Å². The van der Waals surface area contributed by atoms with Gasteiger partial charge in [-0.1, -0.05) is 48.0 Å². The number of aliphatic hydroxyl groups excluding tert-OH is 1. The van der Waals surface area contributed by atoms with E-state index < -0.39 is 41.3 Å². The van der Waals surface area contributed by atoms with Gasteiger partial charge in [-0.05, 0) is 64.2 Å². The molecule has 3 unspecified atom stereocenters. The van der Waals surface area contributed by atoms with Crippen LogP contribution in [0.5, 0.6) is 0 Å². The van der Waals surface area contributed by atoms with Gasteiger partial charge in [0.15, 0.2) is 0 Å². The summed E-state index contributed by atoms with van der Waals surface area (Å²) in [6, 6.07) is 6.88. The summed E-state index contributed by atoms with van der Waals surface area (Å²) in [6.07, 6.45) is 2.75. The zero-order valence-electron chi connectivity index (χ0n) is 25.4. The minimum Gasteiger partial charge on any atom is -0.396 e. The lowest BCUT2D eigenvalue weighted by molar-refractivity contribution is -0.143. The highest BCUT2D eigenvalue weighted by molar-refractivity contribution is 9.10. The summed E-state index contributed by atoms with van der Waals surface area (Å²) in [7, 11) is 0. The lowest BCUT2D eigenvalue weighted by Gasteiger charge is -2.35. The quantitative estimate of drug-likeness (QED) is 0.220. The average Bonchev–Trinajstić information content (AvgIpc) is 2.98. The van der Waals surface area contributed by atoms with Crippen LogP contribution in [0.3, 0.4) is 0 Å². The van der Waals surface area contributed by atoms with Crippen molar-refractivity contribution in [2.45, 2.75) is 78.0 Å². The Bertz CT molecular complexity index is 1350. The molecule has 12 heteroatoms. The molecular formula is C31H43BrN6O5. The number of nitrogens with zero attached hydrogens (tertiary/aromatic N) is 2. The number of hydrogen-bond donors (Lipinski definition) is 5. The van der Waals surface area contributed by atoms with Crippen LogP contribution in [-0.2, 0) is 19.2 Å². The molecule has 4 amide bonds. The second-order valence-corrected chi connectivity index (χ2v) is 12.6. The summed E-state index contributed by atoms with van der Waals surface area (Å²) >= 11 is 3.46. The third-order valence-electron chi connectivity index (χ3n) is 7.81. The first-order valence-corrected chi connectivity index (χ1v) is 15.4. The van der Waals surface area contributed by atoms with Gasteiger partial charge in [0.05, 0.1) is 22.7 Å². The zero-order chi connectivity index (χ0) is 31.9. The van der Waals surface area contributed by atoms with E-state index in [1.807, 2.05) is 37.3 Å². The van der Waals surface area contributed by atoms with Gasteiger partial charge in [0.1, 0.15) is 18.1 Å². The molecule has 1 aliphatic rings. The van der Waals surface area contributed by atoms with Crippen LogP contribution in [-0.4, -0.2) is 70.0 Å². The fourth-order valence-corrected chi connectivity index (χ4v) is 5.20. The van der Waals surface area contributed by atoms with Gasteiger partial charge in [0.25, 0.3) is 5.91 Å². The van der Waals surface area contributed by atoms with Crippen LogP contribution in [0.4, 0.5) is 0 Å². The van der Waals surface area contributed by atoms with E-state index >= 15 is 0 Å². The van der Waals surface area contributed by atoms with Crippen LogP contribution in [0.2, 0.25) is 0 Å². The first-order chi connectivity index (χ1) is 20.3. The monoisotopic (exact) mass is 658 g/mol. The molecule has 1 aliphatic heterocycles. The summed E-state index contributed by atoms with van der Waals surface area (Å²) in [4.78, 5) is 57.2. The fraction of sp³-hybridized carbons (Fsp3) is 0.516. The summed E-state index contributed by atoms with van der Waals surface area (Å²) in [6.45, 7) is 12.5. The number of nitrogens with one attached hydrogen (secondary N) is 4. The Hall–Kier alpha value is -3.35. The summed E-state index contributed by atoms with van der Waals surface area (Å²) in [5.74, 6) is -1.86. The average molecular weight is 660 g/mol. The van der Waals surface area contributed by atoms with E-state index in [4.69, 9.17) is 0 Å². The van der Waals surface area contributed by atoms with Crippen molar-refractivity contribution in [1.82, 2.24) is 31.4 Å². The molecule has 3 rings (SSSR count). The van der Waals surface area contributed by atoms with Crippen LogP contribution >= 0.6 is 15.9 Å². The maximum absolute atomic E-state index is 13.3. The van der Waals surface area contributed by atoms with E-state index in [0.717, 1.165) is 21.1 Å². The molecule has 0 radical (unpaired) electrons. The largest absolute Gasteiger partial charge is 0.396 e. The third-order valence-corrected chi connectivity index (χ3v) is 8.31. The Morgan fingerprint density at radius 3 is 2.51 bits per heavy atom. The first kappa shape index (κ1) is 34.1. The highest BCUT2D eigenvalue weighted by Gasteiger charge is 2.36. The van der Waals surface area contributed by atoms with Crippen molar-refractivity contribution in [3.8, 4) is 0 Å². The molecule has 2 aromatic rings. The number of amides is 4. The van der Waals surface area contributed by atoms with E-state index in [2.05, 4.69) is 48.9 Å². The van der Waals surface area contributed by atoms with Crippen LogP contribution in [0, 0.1) is 11.3 Å². The standard InChI is InChI=1S/C31H43BrN6O5/c1-7-31(6,14-16-39)30(43)36-26(18(2)3)28(41)34-20(5)29(42)38-15-8-9-24(37-38)27(40)33-19(4)23-13-11-21-10-12-22(32)17-25(21)35-23/h7,10-13,17-20,24,26,37,39H,1,8-9,14-16H2,2-6H3,(H,33,40)(H,34,41)(H,36,43)/t19-,20?,24+,26?,31?/m1/s1. The Balaban J connectivity index is 1.59. The molecule has 0 saturated carbocycles. The van der Waals surface area contributed by atoms with E-state index in [9.17, 15) is 24.3 Å². The van der Waals surface area contributed by atoms with Crippen molar-refractivity contribution in [2.75, 3.05) is 13.2 Å². The van der Waals surface area contributed by atoms with Crippen molar-refractivity contribution in [1.29, 1.82) is 0 Å². The summed E-state index contributed by atoms with van der Waals surface area (Å²) in [5.41, 5.74) is 3.50. The number of aromatic nitrogens is 1. The van der Waals surface area contributed by atoms with Gasteiger partial charge >= 0.3 is 0 Å². The van der Waals surface area contributed by atoms with Crippen LogP contribution < -0.4 is 21.4 Å². The number of benzene rings is 1. The molecule has 1 fully saturated rings. The van der Waals surface area contributed by atoms with E-state index in [1.54, 1.807) is 27.7 Å². The number of hydrazine groups is 1. The second kappa shape index (κ2) is 14.9. The van der Waals surface area contributed by atoms with Crippen LogP contribution in [0.25, 0.3) is 10.9 Å². The van der Waals surface area contributed by atoms with Gasteiger partial charge in [-0.15, -0.1) is 6.58 Å². The molecular weight excluding hydrogens is 616 g/mol. The molecule has 5 atom stereocenters. The van der Waals surface area contributed by atoms with Gasteiger partial charge < -0.3 is 21.1 Å². The molecule has 2 heterocycles. The predicted octanol–water partition coefficient (Wildman–Crippen LogP) is 2.89. The molecule has 0 bridgehead atoms.